The first kappa shape index (κ1) is 18.0. The summed E-state index contributed by atoms with van der Waals surface area (Å²) in [6, 6.07) is 5.13. The van der Waals surface area contributed by atoms with Crippen LogP contribution in [0.25, 0.3) is 0 Å². The molecule has 0 atom stereocenters. The van der Waals surface area contributed by atoms with Gasteiger partial charge in [0.05, 0.1) is 6.61 Å². The molecule has 0 unspecified atom stereocenters. The molecule has 120 valence electrons. The lowest BCUT2D eigenvalue weighted by molar-refractivity contribution is 0.289. The maximum Gasteiger partial charge on any atom is 0.165 e. The fourth-order valence-electron chi connectivity index (χ4n) is 2.40. The Morgan fingerprint density at radius 2 is 1.67 bits per heavy atom. The summed E-state index contributed by atoms with van der Waals surface area (Å²) in [6.45, 7) is 3.37. The fraction of sp³-hybridized carbons (Fsp3) is 0.667. The van der Waals surface area contributed by atoms with Crippen LogP contribution in [0.15, 0.2) is 18.2 Å². The molecule has 21 heavy (non-hydrogen) atoms. The molecule has 0 radical (unpaired) electrons. The van der Waals surface area contributed by atoms with Crippen LogP contribution in [0.3, 0.4) is 0 Å². The molecule has 1 aromatic carbocycles. The molecule has 2 nitrogen and oxygen atoms in total. The summed E-state index contributed by atoms with van der Waals surface area (Å²) in [5.74, 6) is 0.0826. The van der Waals surface area contributed by atoms with Crippen LogP contribution in [0.1, 0.15) is 63.9 Å². The Morgan fingerprint density at radius 3 is 2.29 bits per heavy atom. The predicted octanol–water partition coefficient (Wildman–Crippen LogP) is 4.85. The third kappa shape index (κ3) is 8.05. The van der Waals surface area contributed by atoms with Crippen LogP contribution >= 0.6 is 0 Å². The van der Waals surface area contributed by atoms with Gasteiger partial charge in [0, 0.05) is 0 Å². The highest BCUT2D eigenvalue weighted by Crippen LogP contribution is 2.19. The average Bonchev–Trinajstić information content (AvgIpc) is 2.48. The van der Waals surface area contributed by atoms with Gasteiger partial charge in [-0.1, -0.05) is 57.9 Å². The molecule has 0 aromatic heterocycles. The highest BCUT2D eigenvalue weighted by atomic mass is 19.1. The molecular formula is C18H30FNO. The molecule has 0 saturated heterocycles. The van der Waals surface area contributed by atoms with Crippen LogP contribution in [0.4, 0.5) is 4.39 Å². The number of ether oxygens (including phenoxy) is 1. The number of rotatable bonds is 12. The minimum absolute atomic E-state index is 0.277. The van der Waals surface area contributed by atoms with Crippen molar-refractivity contribution in [3.05, 3.63) is 29.6 Å². The third-order valence-corrected chi connectivity index (χ3v) is 3.68. The van der Waals surface area contributed by atoms with Crippen LogP contribution in [-0.4, -0.2) is 13.2 Å². The van der Waals surface area contributed by atoms with Gasteiger partial charge in [-0.25, -0.2) is 4.39 Å². The minimum atomic E-state index is -0.277. The number of hydrogen-bond acceptors (Lipinski definition) is 2. The van der Waals surface area contributed by atoms with Gasteiger partial charge in [0.2, 0.25) is 0 Å². The van der Waals surface area contributed by atoms with Crippen molar-refractivity contribution < 1.29 is 9.13 Å². The van der Waals surface area contributed by atoms with E-state index >= 15 is 0 Å². The zero-order chi connectivity index (χ0) is 15.3. The quantitative estimate of drug-likeness (QED) is 0.560. The third-order valence-electron chi connectivity index (χ3n) is 3.68. The molecule has 3 heteroatoms. The summed E-state index contributed by atoms with van der Waals surface area (Å²) in [4.78, 5) is 0. The largest absolute Gasteiger partial charge is 0.491 e. The zero-order valence-corrected chi connectivity index (χ0v) is 13.4. The molecule has 1 rings (SSSR count). The Balaban J connectivity index is 2.10. The lowest BCUT2D eigenvalue weighted by Gasteiger charge is -2.08. The van der Waals surface area contributed by atoms with Gasteiger partial charge in [0.15, 0.2) is 11.6 Å². The van der Waals surface area contributed by atoms with E-state index in [0.717, 1.165) is 12.0 Å². The molecule has 0 heterocycles. The van der Waals surface area contributed by atoms with Crippen LogP contribution < -0.4 is 10.5 Å². The van der Waals surface area contributed by atoms with Gasteiger partial charge in [0.25, 0.3) is 0 Å². The van der Waals surface area contributed by atoms with E-state index in [2.05, 4.69) is 6.92 Å². The van der Waals surface area contributed by atoms with Crippen LogP contribution in [0.2, 0.25) is 0 Å². The van der Waals surface area contributed by atoms with Crippen molar-refractivity contribution in [1.82, 2.24) is 0 Å². The molecule has 0 spiro atoms. The summed E-state index contributed by atoms with van der Waals surface area (Å²) in [5.41, 5.74) is 6.39. The van der Waals surface area contributed by atoms with E-state index in [1.807, 2.05) is 6.07 Å². The summed E-state index contributed by atoms with van der Waals surface area (Å²) in [7, 11) is 0. The summed E-state index contributed by atoms with van der Waals surface area (Å²) >= 11 is 0. The highest BCUT2D eigenvalue weighted by Gasteiger charge is 2.04. The number of halogens is 1. The van der Waals surface area contributed by atoms with Gasteiger partial charge in [-0.3, -0.25) is 0 Å². The summed E-state index contributed by atoms with van der Waals surface area (Å²) in [6.07, 6.45) is 10.8. The van der Waals surface area contributed by atoms with Crippen molar-refractivity contribution in [2.75, 3.05) is 13.2 Å². The number of benzene rings is 1. The van der Waals surface area contributed by atoms with E-state index in [1.54, 1.807) is 6.07 Å². The first-order valence-electron chi connectivity index (χ1n) is 8.39. The normalized spacial score (nSPS) is 10.8. The molecule has 0 aliphatic carbocycles. The second-order valence-electron chi connectivity index (χ2n) is 5.63. The Bertz CT molecular complexity index is 381. The first-order chi connectivity index (χ1) is 10.3. The molecule has 0 fully saturated rings. The van der Waals surface area contributed by atoms with E-state index in [-0.39, 0.29) is 5.82 Å². The smallest absolute Gasteiger partial charge is 0.165 e. The fourth-order valence-corrected chi connectivity index (χ4v) is 2.40. The van der Waals surface area contributed by atoms with Crippen LogP contribution in [0.5, 0.6) is 5.75 Å². The van der Waals surface area contributed by atoms with E-state index in [1.165, 1.54) is 51.0 Å². The number of hydrogen-bond donors (Lipinski definition) is 1. The predicted molar refractivity (Wildman–Crippen MR) is 87.3 cm³/mol. The van der Waals surface area contributed by atoms with E-state index < -0.39 is 0 Å². The molecule has 0 bridgehead atoms. The molecule has 0 aliphatic rings. The molecule has 0 aliphatic heterocycles. The lowest BCUT2D eigenvalue weighted by Crippen LogP contribution is -2.04. The molecule has 0 saturated carbocycles. The number of unbranched alkanes of at least 4 members (excludes halogenated alkanes) is 7. The molecule has 1 aromatic rings. The maximum absolute atomic E-state index is 13.8. The molecular weight excluding hydrogens is 265 g/mol. The highest BCUT2D eigenvalue weighted by molar-refractivity contribution is 5.29. The second kappa shape index (κ2) is 11.6. The van der Waals surface area contributed by atoms with Crippen molar-refractivity contribution >= 4 is 0 Å². The van der Waals surface area contributed by atoms with Crippen molar-refractivity contribution in [3.63, 3.8) is 0 Å². The van der Waals surface area contributed by atoms with Crippen LogP contribution in [0, 0.1) is 5.82 Å². The Hall–Kier alpha value is -1.09. The van der Waals surface area contributed by atoms with Gasteiger partial charge in [-0.15, -0.1) is 0 Å². The first-order valence-corrected chi connectivity index (χ1v) is 8.39. The van der Waals surface area contributed by atoms with Crippen LogP contribution in [-0.2, 0) is 6.42 Å². The standard InChI is InChI=1S/C18H30FNO/c1-2-3-4-5-6-7-8-9-14-21-18-11-10-16(12-13-20)15-17(18)19/h10-11,15H,2-9,12-14,20H2,1H3. The van der Waals surface area contributed by atoms with Gasteiger partial charge in [0.1, 0.15) is 0 Å². The maximum atomic E-state index is 13.8. The topological polar surface area (TPSA) is 35.2 Å². The van der Waals surface area contributed by atoms with Crippen molar-refractivity contribution in [2.45, 2.75) is 64.7 Å². The minimum Gasteiger partial charge on any atom is -0.491 e. The van der Waals surface area contributed by atoms with Crippen molar-refractivity contribution in [1.29, 1.82) is 0 Å². The van der Waals surface area contributed by atoms with Gasteiger partial charge in [-0.05, 0) is 37.1 Å². The Labute approximate surface area is 128 Å². The Kier molecular flexibility index (Phi) is 9.88. The summed E-state index contributed by atoms with van der Waals surface area (Å²) in [5, 5.41) is 0. The second-order valence-corrected chi connectivity index (χ2v) is 5.63. The lowest BCUT2D eigenvalue weighted by atomic mass is 10.1. The van der Waals surface area contributed by atoms with Gasteiger partial charge in [-0.2, -0.15) is 0 Å². The monoisotopic (exact) mass is 295 g/mol. The average molecular weight is 295 g/mol. The van der Waals surface area contributed by atoms with Gasteiger partial charge < -0.3 is 10.5 Å². The van der Waals surface area contributed by atoms with Crippen molar-refractivity contribution in [2.24, 2.45) is 5.73 Å². The molecule has 0 amide bonds. The van der Waals surface area contributed by atoms with E-state index in [4.69, 9.17) is 10.5 Å². The Morgan fingerprint density at radius 1 is 1.00 bits per heavy atom. The molecule has 2 N–H and O–H groups in total. The number of nitrogens with two attached hydrogens (primary N) is 1. The van der Waals surface area contributed by atoms with Crippen molar-refractivity contribution in [3.8, 4) is 5.75 Å². The van der Waals surface area contributed by atoms with E-state index in [9.17, 15) is 4.39 Å². The summed E-state index contributed by atoms with van der Waals surface area (Å²) < 4.78 is 19.3. The van der Waals surface area contributed by atoms with Gasteiger partial charge >= 0.3 is 0 Å². The SMILES string of the molecule is CCCCCCCCCCOc1ccc(CCN)cc1F. The van der Waals surface area contributed by atoms with E-state index in [0.29, 0.717) is 25.3 Å². The zero-order valence-electron chi connectivity index (χ0n) is 13.4.